The van der Waals surface area contributed by atoms with Crippen LogP contribution in [0.25, 0.3) is 22.3 Å². The Morgan fingerprint density at radius 1 is 1.26 bits per heavy atom. The van der Waals surface area contributed by atoms with Crippen LogP contribution in [-0.4, -0.2) is 39.0 Å². The Morgan fingerprint density at radius 3 is 2.81 bits per heavy atom. The van der Waals surface area contributed by atoms with E-state index < -0.39 is 8.07 Å². The summed E-state index contributed by atoms with van der Waals surface area (Å²) in [6, 6.07) is 5.70. The highest BCUT2D eigenvalue weighted by Gasteiger charge is 2.27. The SMILES string of the molecule is C[Si](C)(C)CCOCn1ccc2c(-c3cnn([C@@H](CC#N)C4CCCC4)c3)ncnc21. The zero-order chi connectivity index (χ0) is 21.8. The van der Waals surface area contributed by atoms with Gasteiger partial charge in [0.1, 0.15) is 18.7 Å². The number of nitrogens with zero attached hydrogens (tertiary/aromatic N) is 6. The number of ether oxygens (including phenoxy) is 1. The average Bonchev–Trinajstić information content (AvgIpc) is 3.50. The third-order valence-corrected chi connectivity index (χ3v) is 7.95. The minimum atomic E-state index is -1.10. The molecule has 0 aliphatic heterocycles. The van der Waals surface area contributed by atoms with Gasteiger partial charge in [0.25, 0.3) is 0 Å². The van der Waals surface area contributed by atoms with Gasteiger partial charge in [-0.05, 0) is 30.9 Å². The molecule has 1 aliphatic carbocycles. The third kappa shape index (κ3) is 5.05. The average molecular weight is 437 g/mol. The predicted molar refractivity (Wildman–Crippen MR) is 124 cm³/mol. The highest BCUT2D eigenvalue weighted by Crippen LogP contribution is 2.36. The Bertz CT molecular complexity index is 1050. The van der Waals surface area contributed by atoms with Gasteiger partial charge in [0.2, 0.25) is 0 Å². The lowest BCUT2D eigenvalue weighted by Gasteiger charge is -2.21. The van der Waals surface area contributed by atoms with Gasteiger partial charge < -0.3 is 9.30 Å². The second-order valence-corrected chi connectivity index (χ2v) is 15.4. The standard InChI is InChI=1S/C23H32N6OSi/c1-31(2,3)13-12-30-17-28-11-9-20-22(25-16-26-23(20)28)19-14-27-29(15-19)21(8-10-24)18-6-4-5-7-18/h9,11,14-16,18,21H,4-8,12-13,17H2,1-3H3/t21-/m0/s1. The molecule has 1 aliphatic rings. The lowest BCUT2D eigenvalue weighted by Crippen LogP contribution is -2.22. The molecule has 0 spiro atoms. The van der Waals surface area contributed by atoms with E-state index in [9.17, 15) is 5.26 Å². The van der Waals surface area contributed by atoms with E-state index in [1.54, 1.807) is 6.33 Å². The van der Waals surface area contributed by atoms with Crippen molar-refractivity contribution in [1.82, 2.24) is 24.3 Å². The maximum absolute atomic E-state index is 9.34. The first-order chi connectivity index (χ1) is 15.0. The summed E-state index contributed by atoms with van der Waals surface area (Å²) in [6.45, 7) is 8.34. The Labute approximate surface area is 185 Å². The topological polar surface area (TPSA) is 81.5 Å². The van der Waals surface area contributed by atoms with E-state index in [-0.39, 0.29) is 6.04 Å². The third-order valence-electron chi connectivity index (χ3n) is 6.24. The van der Waals surface area contributed by atoms with Gasteiger partial charge in [-0.2, -0.15) is 10.4 Å². The van der Waals surface area contributed by atoms with Gasteiger partial charge >= 0.3 is 0 Å². The van der Waals surface area contributed by atoms with Crippen LogP contribution in [0.15, 0.2) is 31.0 Å². The molecule has 3 aromatic heterocycles. The van der Waals surface area contributed by atoms with Crippen molar-refractivity contribution >= 4 is 19.1 Å². The van der Waals surface area contributed by atoms with Gasteiger partial charge in [0.05, 0.1) is 30.4 Å². The number of fused-ring (bicyclic) bond motifs is 1. The highest BCUT2D eigenvalue weighted by atomic mass is 28.3. The summed E-state index contributed by atoms with van der Waals surface area (Å²) in [5.41, 5.74) is 2.71. The molecule has 31 heavy (non-hydrogen) atoms. The van der Waals surface area contributed by atoms with Crippen molar-refractivity contribution in [3.05, 3.63) is 31.0 Å². The molecular weight excluding hydrogens is 404 g/mol. The van der Waals surface area contributed by atoms with Crippen molar-refractivity contribution in [1.29, 1.82) is 5.26 Å². The Morgan fingerprint density at radius 2 is 2.06 bits per heavy atom. The van der Waals surface area contributed by atoms with E-state index in [2.05, 4.69) is 40.8 Å². The fraction of sp³-hybridized carbons (Fsp3) is 0.565. The second kappa shape index (κ2) is 9.33. The van der Waals surface area contributed by atoms with Gasteiger partial charge in [-0.3, -0.25) is 4.68 Å². The molecule has 0 amide bonds. The fourth-order valence-corrected chi connectivity index (χ4v) is 5.19. The lowest BCUT2D eigenvalue weighted by atomic mass is 9.96. The first kappa shape index (κ1) is 21.7. The maximum Gasteiger partial charge on any atom is 0.145 e. The molecule has 3 heterocycles. The van der Waals surface area contributed by atoms with Crippen LogP contribution in [0.4, 0.5) is 0 Å². The number of rotatable bonds is 9. The molecule has 0 saturated heterocycles. The predicted octanol–water partition coefficient (Wildman–Crippen LogP) is 5.25. The molecular formula is C23H32N6OSi. The first-order valence-electron chi connectivity index (χ1n) is 11.3. The lowest BCUT2D eigenvalue weighted by molar-refractivity contribution is 0.0899. The Balaban J connectivity index is 1.54. The molecule has 8 heteroatoms. The fourth-order valence-electron chi connectivity index (χ4n) is 4.43. The van der Waals surface area contributed by atoms with E-state index in [1.807, 2.05) is 33.9 Å². The van der Waals surface area contributed by atoms with Crippen LogP contribution in [0.5, 0.6) is 0 Å². The van der Waals surface area contributed by atoms with Gasteiger partial charge in [-0.25, -0.2) is 9.97 Å². The summed E-state index contributed by atoms with van der Waals surface area (Å²) < 4.78 is 9.94. The quantitative estimate of drug-likeness (QED) is 0.338. The number of nitriles is 1. The van der Waals surface area contributed by atoms with Gasteiger partial charge in [-0.1, -0.05) is 32.5 Å². The molecule has 0 N–H and O–H groups in total. The molecule has 1 fully saturated rings. The molecule has 0 bridgehead atoms. The van der Waals surface area contributed by atoms with Gasteiger partial charge in [0.15, 0.2) is 0 Å². The molecule has 3 aromatic rings. The van der Waals surface area contributed by atoms with Crippen LogP contribution in [0.2, 0.25) is 25.7 Å². The Kier molecular flexibility index (Phi) is 6.53. The molecule has 164 valence electrons. The van der Waals surface area contributed by atoms with E-state index >= 15 is 0 Å². The number of hydrogen-bond donors (Lipinski definition) is 0. The zero-order valence-corrected chi connectivity index (χ0v) is 19.8. The minimum Gasteiger partial charge on any atom is -0.361 e. The first-order valence-corrected chi connectivity index (χ1v) is 15.0. The van der Waals surface area contributed by atoms with Crippen molar-refractivity contribution in [3.63, 3.8) is 0 Å². The highest BCUT2D eigenvalue weighted by molar-refractivity contribution is 6.76. The molecule has 0 aromatic carbocycles. The van der Waals surface area contributed by atoms with Crippen molar-refractivity contribution in [2.45, 2.75) is 70.6 Å². The summed E-state index contributed by atoms with van der Waals surface area (Å²) in [5.74, 6) is 0.534. The van der Waals surface area contributed by atoms with E-state index in [4.69, 9.17) is 4.74 Å². The molecule has 0 unspecified atom stereocenters. The molecule has 1 atom stereocenters. The summed E-state index contributed by atoms with van der Waals surface area (Å²) >= 11 is 0. The second-order valence-electron chi connectivity index (χ2n) is 9.78. The number of aromatic nitrogens is 5. The van der Waals surface area contributed by atoms with Crippen LogP contribution < -0.4 is 0 Å². The van der Waals surface area contributed by atoms with Crippen LogP contribution >= 0.6 is 0 Å². The van der Waals surface area contributed by atoms with Crippen LogP contribution in [0, 0.1) is 17.2 Å². The monoisotopic (exact) mass is 436 g/mol. The van der Waals surface area contributed by atoms with Crippen LogP contribution in [0.1, 0.15) is 38.1 Å². The summed E-state index contributed by atoms with van der Waals surface area (Å²) in [4.78, 5) is 9.06. The molecule has 0 radical (unpaired) electrons. The van der Waals surface area contributed by atoms with Crippen LogP contribution in [0.3, 0.4) is 0 Å². The zero-order valence-electron chi connectivity index (χ0n) is 18.8. The summed E-state index contributed by atoms with van der Waals surface area (Å²) in [7, 11) is -1.10. The van der Waals surface area contributed by atoms with Crippen LogP contribution in [-0.2, 0) is 11.5 Å². The largest absolute Gasteiger partial charge is 0.361 e. The number of hydrogen-bond acceptors (Lipinski definition) is 5. The van der Waals surface area contributed by atoms with E-state index in [0.29, 0.717) is 19.1 Å². The summed E-state index contributed by atoms with van der Waals surface area (Å²) in [5, 5.41) is 15.0. The Hall–Kier alpha value is -2.50. The van der Waals surface area contributed by atoms with Gasteiger partial charge in [-0.15, -0.1) is 0 Å². The van der Waals surface area contributed by atoms with E-state index in [0.717, 1.165) is 34.9 Å². The summed E-state index contributed by atoms with van der Waals surface area (Å²) in [6.07, 6.45) is 12.9. The van der Waals surface area contributed by atoms with E-state index in [1.165, 1.54) is 25.7 Å². The molecule has 7 nitrogen and oxygen atoms in total. The van der Waals surface area contributed by atoms with Crippen molar-refractivity contribution in [3.8, 4) is 17.3 Å². The smallest absolute Gasteiger partial charge is 0.145 e. The van der Waals surface area contributed by atoms with Crippen molar-refractivity contribution in [2.75, 3.05) is 6.61 Å². The van der Waals surface area contributed by atoms with Crippen molar-refractivity contribution < 1.29 is 4.74 Å². The molecule has 4 rings (SSSR count). The normalized spacial score (nSPS) is 16.1. The minimum absolute atomic E-state index is 0.142. The van der Waals surface area contributed by atoms with Crippen molar-refractivity contribution in [2.24, 2.45) is 5.92 Å². The van der Waals surface area contributed by atoms with Gasteiger partial charge in [0, 0.05) is 38.0 Å². The molecule has 1 saturated carbocycles. The maximum atomic E-state index is 9.34.